The van der Waals surface area contributed by atoms with Crippen LogP contribution in [0.2, 0.25) is 0 Å². The lowest BCUT2D eigenvalue weighted by atomic mass is 10.1. The van der Waals surface area contributed by atoms with Crippen molar-refractivity contribution in [3.63, 3.8) is 0 Å². The summed E-state index contributed by atoms with van der Waals surface area (Å²) in [4.78, 5) is 35.9. The predicted octanol–water partition coefficient (Wildman–Crippen LogP) is 3.60. The molecule has 3 aromatic carbocycles. The molecule has 0 radical (unpaired) electrons. The van der Waals surface area contributed by atoms with Crippen LogP contribution < -0.4 is 10.6 Å². The normalized spacial score (nSPS) is 9.91. The largest absolute Gasteiger partial charge is 0.508 e. The molecule has 0 atom stereocenters. The van der Waals surface area contributed by atoms with Crippen LogP contribution in [0.5, 0.6) is 11.5 Å². The molecule has 10 nitrogen and oxygen atoms in total. The second-order valence-corrected chi connectivity index (χ2v) is 6.31. The molecule has 0 aliphatic rings. The number of rotatable bonds is 7. The van der Waals surface area contributed by atoms with E-state index in [2.05, 4.69) is 15.5 Å². The molecule has 0 aliphatic heterocycles. The summed E-state index contributed by atoms with van der Waals surface area (Å²) in [6, 6.07) is 14.6. The number of amides is 1. The van der Waals surface area contributed by atoms with E-state index in [1.165, 1.54) is 24.3 Å². The van der Waals surface area contributed by atoms with Crippen LogP contribution in [-0.4, -0.2) is 39.2 Å². The van der Waals surface area contributed by atoms with Gasteiger partial charge in [0.05, 0.1) is 11.1 Å². The molecule has 0 aromatic heterocycles. The number of aromatic carboxylic acids is 1. The average Bonchev–Trinajstić information content (AvgIpc) is 2.78. The Morgan fingerprint density at radius 3 is 2.06 bits per heavy atom. The molecular formula is C22H20N2O8. The number of hydrogen-bond donors (Lipinski definition) is 6. The summed E-state index contributed by atoms with van der Waals surface area (Å²) in [6.07, 6.45) is 0. The Labute approximate surface area is 182 Å². The van der Waals surface area contributed by atoms with E-state index in [1.807, 2.05) is 6.79 Å². The van der Waals surface area contributed by atoms with E-state index in [9.17, 15) is 24.9 Å². The molecule has 6 N–H and O–H groups in total. The van der Waals surface area contributed by atoms with Gasteiger partial charge in [-0.05, 0) is 60.7 Å². The van der Waals surface area contributed by atoms with Gasteiger partial charge in [-0.2, -0.15) is 0 Å². The Morgan fingerprint density at radius 1 is 0.844 bits per heavy atom. The van der Waals surface area contributed by atoms with Gasteiger partial charge in [0.1, 0.15) is 24.9 Å². The van der Waals surface area contributed by atoms with E-state index >= 15 is 0 Å². The number of anilines is 3. The molecule has 32 heavy (non-hydrogen) atoms. The van der Waals surface area contributed by atoms with Gasteiger partial charge in [0.25, 0.3) is 5.91 Å². The minimum Gasteiger partial charge on any atom is -0.508 e. The zero-order chi connectivity index (χ0) is 23.7. The van der Waals surface area contributed by atoms with Crippen LogP contribution in [-0.2, 0) is 16.3 Å². The Bertz CT molecular complexity index is 1100. The third-order valence-electron chi connectivity index (χ3n) is 4.21. The molecule has 0 heterocycles. The quantitative estimate of drug-likeness (QED) is 0.183. The lowest BCUT2D eigenvalue weighted by Gasteiger charge is -2.13. The molecule has 166 valence electrons. The van der Waals surface area contributed by atoms with Gasteiger partial charge in [0.2, 0.25) is 0 Å². The second-order valence-electron chi connectivity index (χ2n) is 6.31. The third-order valence-corrected chi connectivity index (χ3v) is 4.21. The first kappa shape index (κ1) is 23.9. The minimum atomic E-state index is -1.33. The van der Waals surface area contributed by atoms with Crippen molar-refractivity contribution in [3.8, 4) is 11.5 Å². The minimum absolute atomic E-state index is 0.0284. The monoisotopic (exact) mass is 440 g/mol. The van der Waals surface area contributed by atoms with Crippen molar-refractivity contribution in [1.82, 2.24) is 0 Å². The van der Waals surface area contributed by atoms with Gasteiger partial charge < -0.3 is 30.7 Å². The zero-order valence-corrected chi connectivity index (χ0v) is 16.6. The van der Waals surface area contributed by atoms with E-state index in [4.69, 9.17) is 10.1 Å². The molecule has 3 aromatic rings. The van der Waals surface area contributed by atoms with Gasteiger partial charge in [0, 0.05) is 22.6 Å². The van der Waals surface area contributed by atoms with Crippen LogP contribution in [0.4, 0.5) is 17.1 Å². The van der Waals surface area contributed by atoms with E-state index in [1.54, 1.807) is 30.3 Å². The fourth-order valence-electron chi connectivity index (χ4n) is 2.79. The van der Waals surface area contributed by atoms with Gasteiger partial charge >= 0.3 is 5.97 Å². The molecular weight excluding hydrogens is 420 g/mol. The molecule has 0 spiro atoms. The van der Waals surface area contributed by atoms with E-state index in [-0.39, 0.29) is 29.2 Å². The Hall–Kier alpha value is -4.41. The lowest BCUT2D eigenvalue weighted by Crippen LogP contribution is -2.16. The third kappa shape index (κ3) is 6.05. The van der Waals surface area contributed by atoms with Crippen molar-refractivity contribution in [2.24, 2.45) is 0 Å². The number of carbonyl (C=O) groups is 3. The standard InChI is InChI=1S/C21H18N2O7.CH2O/c24-15-6-8-19(12(9-15)11-30-29)22-13-1-3-14(4-2-13)23-20(26)17-7-5-16(25)10-18(17)21(27)28;1-2/h1-10,22,24-25,29H,11H2,(H,23,26)(H,27,28);1H2. The summed E-state index contributed by atoms with van der Waals surface area (Å²) in [5.41, 5.74) is 1.84. The van der Waals surface area contributed by atoms with Gasteiger partial charge in [-0.3, -0.25) is 10.1 Å². The maximum atomic E-state index is 12.4. The Kier molecular flexibility index (Phi) is 8.29. The Balaban J connectivity index is 0.00000176. The maximum absolute atomic E-state index is 12.4. The first-order valence-corrected chi connectivity index (χ1v) is 8.99. The first-order valence-electron chi connectivity index (χ1n) is 8.99. The molecule has 1 amide bonds. The topological polar surface area (TPSA) is 165 Å². The smallest absolute Gasteiger partial charge is 0.336 e. The van der Waals surface area contributed by atoms with Crippen molar-refractivity contribution in [1.29, 1.82) is 0 Å². The Morgan fingerprint density at radius 2 is 1.44 bits per heavy atom. The number of nitrogens with one attached hydrogen (secondary N) is 2. The van der Waals surface area contributed by atoms with Crippen molar-refractivity contribution in [2.45, 2.75) is 6.61 Å². The highest BCUT2D eigenvalue weighted by molar-refractivity contribution is 6.10. The van der Waals surface area contributed by atoms with Crippen LogP contribution in [0.25, 0.3) is 0 Å². The fourth-order valence-corrected chi connectivity index (χ4v) is 2.79. The van der Waals surface area contributed by atoms with E-state index < -0.39 is 11.9 Å². The number of carboxylic acids is 1. The number of carboxylic acid groups (broad SMARTS) is 1. The van der Waals surface area contributed by atoms with Crippen LogP contribution >= 0.6 is 0 Å². The molecule has 0 saturated heterocycles. The van der Waals surface area contributed by atoms with Crippen molar-refractivity contribution in [2.75, 3.05) is 10.6 Å². The maximum Gasteiger partial charge on any atom is 0.336 e. The number of phenolic OH excluding ortho intramolecular Hbond substituents is 2. The van der Waals surface area contributed by atoms with Crippen LogP contribution in [0.1, 0.15) is 26.3 Å². The van der Waals surface area contributed by atoms with Gasteiger partial charge in [0.15, 0.2) is 0 Å². The summed E-state index contributed by atoms with van der Waals surface area (Å²) in [5, 5.41) is 42.6. The van der Waals surface area contributed by atoms with Gasteiger partial charge in [-0.25, -0.2) is 9.68 Å². The van der Waals surface area contributed by atoms with Crippen molar-refractivity contribution in [3.05, 3.63) is 77.4 Å². The number of aromatic hydroxyl groups is 2. The number of carbonyl (C=O) groups excluding carboxylic acids is 2. The first-order chi connectivity index (χ1) is 15.4. The summed E-state index contributed by atoms with van der Waals surface area (Å²) in [7, 11) is 0. The molecule has 0 aliphatic carbocycles. The highest BCUT2D eigenvalue weighted by atomic mass is 17.1. The van der Waals surface area contributed by atoms with E-state index in [0.717, 1.165) is 6.07 Å². The number of benzene rings is 3. The number of hydrogen-bond acceptors (Lipinski definition) is 8. The fraction of sp³-hybridized carbons (Fsp3) is 0.0455. The molecule has 10 heteroatoms. The SMILES string of the molecule is C=O.O=C(O)c1cc(O)ccc1C(=O)Nc1ccc(Nc2ccc(O)cc2COO)cc1. The van der Waals surface area contributed by atoms with Crippen molar-refractivity contribution >= 4 is 35.7 Å². The molecule has 0 unspecified atom stereocenters. The molecule has 0 bridgehead atoms. The molecule has 3 rings (SSSR count). The zero-order valence-electron chi connectivity index (χ0n) is 16.6. The summed E-state index contributed by atoms with van der Waals surface area (Å²) < 4.78 is 0. The van der Waals surface area contributed by atoms with Crippen LogP contribution in [0.3, 0.4) is 0 Å². The summed E-state index contributed by atoms with van der Waals surface area (Å²) in [5.74, 6) is -2.18. The van der Waals surface area contributed by atoms with Gasteiger partial charge in [-0.1, -0.05) is 0 Å². The molecule has 0 saturated carbocycles. The van der Waals surface area contributed by atoms with Gasteiger partial charge in [-0.15, -0.1) is 0 Å². The molecule has 0 fully saturated rings. The van der Waals surface area contributed by atoms with Crippen LogP contribution in [0.15, 0.2) is 60.7 Å². The average molecular weight is 440 g/mol. The lowest BCUT2D eigenvalue weighted by molar-refractivity contribution is -0.252. The summed E-state index contributed by atoms with van der Waals surface area (Å²) >= 11 is 0. The highest BCUT2D eigenvalue weighted by Gasteiger charge is 2.17. The van der Waals surface area contributed by atoms with Crippen molar-refractivity contribution < 1.29 is 39.8 Å². The highest BCUT2D eigenvalue weighted by Crippen LogP contribution is 2.26. The van der Waals surface area contributed by atoms with E-state index in [0.29, 0.717) is 22.6 Å². The number of phenols is 2. The predicted molar refractivity (Wildman–Crippen MR) is 115 cm³/mol. The van der Waals surface area contributed by atoms with Crippen LogP contribution in [0, 0.1) is 0 Å². The second kappa shape index (κ2) is 11.1. The summed E-state index contributed by atoms with van der Waals surface area (Å²) in [6.45, 7) is 1.88.